The SMILES string of the molecule is N[C@H]1CC(=O)OP(=O)(O)OC1=O. The van der Waals surface area contributed by atoms with Crippen LogP contribution in [0.1, 0.15) is 6.42 Å². The van der Waals surface area contributed by atoms with Crippen molar-refractivity contribution >= 4 is 19.8 Å². The van der Waals surface area contributed by atoms with Crippen LogP contribution in [0.4, 0.5) is 0 Å². The van der Waals surface area contributed by atoms with Crippen molar-refractivity contribution in [2.75, 3.05) is 0 Å². The first kappa shape index (κ1) is 9.18. The molecule has 0 amide bonds. The lowest BCUT2D eigenvalue weighted by molar-refractivity contribution is -0.137. The van der Waals surface area contributed by atoms with Gasteiger partial charge in [0.2, 0.25) is 0 Å². The molecule has 0 aromatic heterocycles. The second kappa shape index (κ2) is 2.85. The minimum atomic E-state index is -4.56. The van der Waals surface area contributed by atoms with Crippen LogP contribution >= 0.6 is 7.82 Å². The summed E-state index contributed by atoms with van der Waals surface area (Å²) < 4.78 is 18.4. The largest absolute Gasteiger partial charge is 0.589 e. The maximum absolute atomic E-state index is 10.7. The molecule has 0 aromatic rings. The van der Waals surface area contributed by atoms with E-state index >= 15 is 0 Å². The number of hydrogen-bond donors (Lipinski definition) is 2. The molecule has 8 heteroatoms. The van der Waals surface area contributed by atoms with Gasteiger partial charge in [0, 0.05) is 0 Å². The Hall–Kier alpha value is -0.910. The van der Waals surface area contributed by atoms with E-state index in [1.807, 2.05) is 0 Å². The molecule has 7 nitrogen and oxygen atoms in total. The highest BCUT2D eigenvalue weighted by Crippen LogP contribution is 2.45. The van der Waals surface area contributed by atoms with Crippen LogP contribution in [0.25, 0.3) is 0 Å². The Kier molecular flexibility index (Phi) is 2.18. The summed E-state index contributed by atoms with van der Waals surface area (Å²) >= 11 is 0. The van der Waals surface area contributed by atoms with E-state index in [4.69, 9.17) is 10.6 Å². The summed E-state index contributed by atoms with van der Waals surface area (Å²) in [6, 6.07) is -1.24. The molecular weight excluding hydrogens is 189 g/mol. The first-order valence-corrected chi connectivity index (χ1v) is 4.44. The average molecular weight is 195 g/mol. The molecule has 3 N–H and O–H groups in total. The van der Waals surface area contributed by atoms with E-state index in [1.54, 1.807) is 0 Å². The molecule has 0 radical (unpaired) electrons. The van der Waals surface area contributed by atoms with E-state index < -0.39 is 32.2 Å². The summed E-state index contributed by atoms with van der Waals surface area (Å²) in [5.74, 6) is -2.15. The summed E-state index contributed by atoms with van der Waals surface area (Å²) in [5.41, 5.74) is 5.08. The number of phosphoric ester groups is 1. The molecule has 2 atom stereocenters. The Bertz CT molecular complexity index is 275. The van der Waals surface area contributed by atoms with E-state index in [0.717, 1.165) is 0 Å². The van der Waals surface area contributed by atoms with Crippen molar-refractivity contribution in [3.8, 4) is 0 Å². The summed E-state index contributed by atoms with van der Waals surface area (Å²) in [5, 5.41) is 0. The van der Waals surface area contributed by atoms with Crippen molar-refractivity contribution in [3.05, 3.63) is 0 Å². The summed E-state index contributed by atoms with van der Waals surface area (Å²) in [6.07, 6.45) is -0.455. The second-order valence-corrected chi connectivity index (χ2v) is 3.46. The predicted molar refractivity (Wildman–Crippen MR) is 34.6 cm³/mol. The van der Waals surface area contributed by atoms with Crippen molar-refractivity contribution in [3.63, 3.8) is 0 Å². The molecule has 0 aromatic carbocycles. The number of hydrogen-bond acceptors (Lipinski definition) is 6. The number of phosphoric acid groups is 1. The third-order valence-corrected chi connectivity index (χ3v) is 1.96. The minimum absolute atomic E-state index is 0.455. The number of rotatable bonds is 0. The quantitative estimate of drug-likeness (QED) is 0.471. The van der Waals surface area contributed by atoms with Gasteiger partial charge in [-0.15, -0.1) is 0 Å². The first-order chi connectivity index (χ1) is 5.41. The molecule has 0 bridgehead atoms. The lowest BCUT2D eigenvalue weighted by atomic mass is 10.2. The molecule has 12 heavy (non-hydrogen) atoms. The van der Waals surface area contributed by atoms with Gasteiger partial charge in [-0.25, -0.2) is 9.36 Å². The fraction of sp³-hybridized carbons (Fsp3) is 0.500. The van der Waals surface area contributed by atoms with E-state index in [0.29, 0.717) is 0 Å². The van der Waals surface area contributed by atoms with Crippen molar-refractivity contribution in [2.24, 2.45) is 5.73 Å². The molecule has 1 saturated heterocycles. The maximum atomic E-state index is 10.7. The van der Waals surface area contributed by atoms with Crippen LogP contribution in [0, 0.1) is 0 Å². The van der Waals surface area contributed by atoms with Gasteiger partial charge in [0.15, 0.2) is 0 Å². The van der Waals surface area contributed by atoms with Crippen molar-refractivity contribution in [2.45, 2.75) is 12.5 Å². The van der Waals surface area contributed by atoms with Gasteiger partial charge in [0.1, 0.15) is 6.04 Å². The van der Waals surface area contributed by atoms with Gasteiger partial charge in [0.05, 0.1) is 6.42 Å². The zero-order chi connectivity index (χ0) is 9.35. The lowest BCUT2D eigenvalue weighted by Crippen LogP contribution is -2.31. The molecule has 1 unspecified atom stereocenters. The summed E-state index contributed by atoms with van der Waals surface area (Å²) in [6.45, 7) is 0. The first-order valence-electron chi connectivity index (χ1n) is 2.95. The minimum Gasteiger partial charge on any atom is -0.361 e. The van der Waals surface area contributed by atoms with E-state index in [2.05, 4.69) is 9.05 Å². The normalized spacial score (nSPS) is 36.7. The monoisotopic (exact) mass is 195 g/mol. The van der Waals surface area contributed by atoms with Crippen LogP contribution in [0.5, 0.6) is 0 Å². The summed E-state index contributed by atoms with van der Waals surface area (Å²) in [7, 11) is -4.56. The predicted octanol–water partition coefficient (Wildman–Crippen LogP) is -1.10. The Labute approximate surface area is 67.1 Å². The molecule has 1 aliphatic heterocycles. The van der Waals surface area contributed by atoms with Crippen molar-refractivity contribution in [1.82, 2.24) is 0 Å². The van der Waals surface area contributed by atoms with Crippen LogP contribution in [0.15, 0.2) is 0 Å². The highest BCUT2D eigenvalue weighted by atomic mass is 31.2. The van der Waals surface area contributed by atoms with Gasteiger partial charge in [0.25, 0.3) is 0 Å². The molecule has 68 valence electrons. The van der Waals surface area contributed by atoms with Gasteiger partial charge in [-0.2, -0.15) is 0 Å². The summed E-state index contributed by atoms with van der Waals surface area (Å²) in [4.78, 5) is 29.9. The molecular formula is C4H6NO6P. The Morgan fingerprint density at radius 3 is 2.67 bits per heavy atom. The van der Waals surface area contributed by atoms with Gasteiger partial charge < -0.3 is 14.8 Å². The Morgan fingerprint density at radius 2 is 2.08 bits per heavy atom. The molecule has 0 aliphatic carbocycles. The molecule has 1 heterocycles. The fourth-order valence-electron chi connectivity index (χ4n) is 0.629. The third kappa shape index (κ3) is 2.04. The number of carbonyl (C=O) groups excluding carboxylic acids is 2. The topological polar surface area (TPSA) is 116 Å². The van der Waals surface area contributed by atoms with Crippen LogP contribution in [0.3, 0.4) is 0 Å². The third-order valence-electron chi connectivity index (χ3n) is 1.11. The van der Waals surface area contributed by atoms with E-state index in [9.17, 15) is 14.2 Å². The maximum Gasteiger partial charge on any atom is 0.589 e. The Morgan fingerprint density at radius 1 is 1.50 bits per heavy atom. The molecule has 0 saturated carbocycles. The van der Waals surface area contributed by atoms with Crippen LogP contribution in [-0.2, 0) is 23.2 Å². The van der Waals surface area contributed by atoms with Crippen molar-refractivity contribution < 1.29 is 28.1 Å². The van der Waals surface area contributed by atoms with Gasteiger partial charge in [-0.1, -0.05) is 0 Å². The van der Waals surface area contributed by atoms with Crippen LogP contribution in [-0.4, -0.2) is 22.9 Å². The number of carbonyl (C=O) groups is 2. The molecule has 1 rings (SSSR count). The average Bonchev–Trinajstić information content (AvgIpc) is 1.89. The molecule has 1 fully saturated rings. The van der Waals surface area contributed by atoms with E-state index in [1.165, 1.54) is 0 Å². The fourth-order valence-corrected chi connectivity index (χ4v) is 1.36. The highest BCUT2D eigenvalue weighted by Gasteiger charge is 2.38. The lowest BCUT2D eigenvalue weighted by Gasteiger charge is -2.05. The second-order valence-electron chi connectivity index (χ2n) is 2.15. The van der Waals surface area contributed by atoms with Crippen molar-refractivity contribution in [1.29, 1.82) is 0 Å². The molecule has 0 spiro atoms. The van der Waals surface area contributed by atoms with Gasteiger partial charge in [-0.3, -0.25) is 9.69 Å². The molecule has 1 aliphatic rings. The van der Waals surface area contributed by atoms with Gasteiger partial charge >= 0.3 is 19.8 Å². The highest BCUT2D eigenvalue weighted by molar-refractivity contribution is 7.48. The standard InChI is InChI=1S/C4H6NO6P/c5-2-1-3(6)10-12(8,9)11-4(2)7/h2H,1,5H2,(H,8,9)/t2-/m0/s1. The zero-order valence-corrected chi connectivity index (χ0v) is 6.69. The van der Waals surface area contributed by atoms with E-state index in [-0.39, 0.29) is 0 Å². The smallest absolute Gasteiger partial charge is 0.361 e. The number of nitrogens with two attached hydrogens (primary N) is 1. The Balaban J connectivity index is 2.87. The van der Waals surface area contributed by atoms with Gasteiger partial charge in [-0.05, 0) is 0 Å². The van der Waals surface area contributed by atoms with Crippen LogP contribution < -0.4 is 5.73 Å². The zero-order valence-electron chi connectivity index (χ0n) is 5.80. The van der Waals surface area contributed by atoms with Crippen LogP contribution in [0.2, 0.25) is 0 Å².